The lowest BCUT2D eigenvalue weighted by Gasteiger charge is -2.51. The molecule has 190 valence electrons. The summed E-state index contributed by atoms with van der Waals surface area (Å²) in [6, 6.07) is 18.7. The standard InChI is InChI=1S/C29H40N2O4/c1-32-28(29(33-2,34-3)35-4)25-19-31-16-14-21-10-6-8-12-24(21)27(31)18-22(25)17-26-23-11-7-5-9-20(23)13-15-30-26/h5-12,22,25-28,30H,13-19H2,1-4H3/t22-,25-,26+,27-,28?/m0/s1. The van der Waals surface area contributed by atoms with E-state index in [1.165, 1.54) is 22.3 Å². The number of benzene rings is 2. The zero-order valence-electron chi connectivity index (χ0n) is 21.5. The summed E-state index contributed by atoms with van der Waals surface area (Å²) in [5, 5.41) is 3.82. The highest BCUT2D eigenvalue weighted by molar-refractivity contribution is 5.34. The second-order valence-electron chi connectivity index (χ2n) is 10.2. The highest BCUT2D eigenvalue weighted by Crippen LogP contribution is 2.47. The Labute approximate surface area is 209 Å². The Kier molecular flexibility index (Phi) is 7.58. The minimum Gasteiger partial charge on any atom is -0.373 e. The summed E-state index contributed by atoms with van der Waals surface area (Å²) in [7, 11) is 6.65. The fraction of sp³-hybridized carbons (Fsp3) is 0.586. The molecule has 5 rings (SSSR count). The maximum absolute atomic E-state index is 6.14. The lowest BCUT2D eigenvalue weighted by atomic mass is 9.71. The van der Waals surface area contributed by atoms with Gasteiger partial charge in [-0.05, 0) is 60.4 Å². The Morgan fingerprint density at radius 3 is 2.26 bits per heavy atom. The molecule has 0 spiro atoms. The molecule has 2 aromatic carbocycles. The van der Waals surface area contributed by atoms with Gasteiger partial charge in [-0.15, -0.1) is 0 Å². The zero-order valence-corrected chi connectivity index (χ0v) is 21.5. The molecule has 0 radical (unpaired) electrons. The van der Waals surface area contributed by atoms with Gasteiger partial charge in [0.25, 0.3) is 0 Å². The van der Waals surface area contributed by atoms with E-state index in [4.69, 9.17) is 18.9 Å². The predicted molar refractivity (Wildman–Crippen MR) is 136 cm³/mol. The van der Waals surface area contributed by atoms with Gasteiger partial charge in [-0.2, -0.15) is 0 Å². The molecular weight excluding hydrogens is 440 g/mol. The van der Waals surface area contributed by atoms with E-state index < -0.39 is 5.97 Å². The number of rotatable bonds is 8. The molecule has 0 bridgehead atoms. The summed E-state index contributed by atoms with van der Waals surface area (Å²) in [4.78, 5) is 2.64. The molecule has 0 aromatic heterocycles. The Balaban J connectivity index is 1.50. The molecule has 3 aliphatic rings. The van der Waals surface area contributed by atoms with Gasteiger partial charge in [0.15, 0.2) is 0 Å². The monoisotopic (exact) mass is 480 g/mol. The largest absolute Gasteiger partial charge is 0.373 e. The number of methoxy groups -OCH3 is 4. The van der Waals surface area contributed by atoms with E-state index in [-0.39, 0.29) is 12.0 Å². The fourth-order valence-electron chi connectivity index (χ4n) is 6.98. The first-order valence-corrected chi connectivity index (χ1v) is 12.9. The molecule has 1 unspecified atom stereocenters. The van der Waals surface area contributed by atoms with Gasteiger partial charge in [0.05, 0.1) is 0 Å². The van der Waals surface area contributed by atoms with E-state index in [1.54, 1.807) is 28.4 Å². The summed E-state index contributed by atoms with van der Waals surface area (Å²) in [5.74, 6) is -0.649. The summed E-state index contributed by atoms with van der Waals surface area (Å²) in [6.45, 7) is 3.00. The number of nitrogens with one attached hydrogen (secondary N) is 1. The van der Waals surface area contributed by atoms with Crippen LogP contribution in [0.4, 0.5) is 0 Å². The van der Waals surface area contributed by atoms with E-state index in [0.29, 0.717) is 18.0 Å². The molecular formula is C29H40N2O4. The van der Waals surface area contributed by atoms with Gasteiger partial charge in [0, 0.05) is 59.5 Å². The average Bonchev–Trinajstić information content (AvgIpc) is 2.92. The van der Waals surface area contributed by atoms with Crippen LogP contribution in [0.25, 0.3) is 0 Å². The first kappa shape index (κ1) is 24.9. The second kappa shape index (κ2) is 10.7. The zero-order chi connectivity index (χ0) is 24.4. The molecule has 2 aromatic rings. The number of piperidine rings is 1. The number of fused-ring (bicyclic) bond motifs is 4. The van der Waals surface area contributed by atoms with Crippen molar-refractivity contribution >= 4 is 0 Å². The van der Waals surface area contributed by atoms with Gasteiger partial charge in [-0.3, -0.25) is 4.90 Å². The van der Waals surface area contributed by atoms with Crippen molar-refractivity contribution < 1.29 is 18.9 Å². The fourth-order valence-corrected chi connectivity index (χ4v) is 6.98. The molecule has 0 amide bonds. The lowest BCUT2D eigenvalue weighted by Crippen LogP contribution is -2.59. The molecule has 6 nitrogen and oxygen atoms in total. The van der Waals surface area contributed by atoms with Crippen molar-refractivity contribution in [1.29, 1.82) is 0 Å². The van der Waals surface area contributed by atoms with E-state index in [2.05, 4.69) is 58.7 Å². The molecule has 35 heavy (non-hydrogen) atoms. The third kappa shape index (κ3) is 4.57. The highest BCUT2D eigenvalue weighted by Gasteiger charge is 2.51. The molecule has 1 saturated heterocycles. The minimum atomic E-state index is -1.24. The van der Waals surface area contributed by atoms with Crippen molar-refractivity contribution in [2.75, 3.05) is 48.1 Å². The minimum absolute atomic E-state index is 0.192. The summed E-state index contributed by atoms with van der Waals surface area (Å²) in [6.07, 6.45) is 3.94. The highest BCUT2D eigenvalue weighted by atomic mass is 16.9. The SMILES string of the molecule is COC([C@H]1CN2CCc3ccccc3[C@@H]2C[C@@H]1C[C@H]1NCCc2ccccc21)C(OC)(OC)OC. The van der Waals surface area contributed by atoms with E-state index in [1.807, 2.05) is 0 Å². The third-order valence-electron chi connectivity index (χ3n) is 8.70. The van der Waals surface area contributed by atoms with Crippen molar-refractivity contribution in [3.63, 3.8) is 0 Å². The van der Waals surface area contributed by atoms with Crippen molar-refractivity contribution in [3.8, 4) is 0 Å². The number of nitrogens with zero attached hydrogens (tertiary/aromatic N) is 1. The van der Waals surface area contributed by atoms with Crippen molar-refractivity contribution in [2.45, 2.75) is 49.8 Å². The first-order valence-electron chi connectivity index (χ1n) is 12.9. The van der Waals surface area contributed by atoms with Crippen LogP contribution in [0.3, 0.4) is 0 Å². The van der Waals surface area contributed by atoms with Crippen molar-refractivity contribution in [2.24, 2.45) is 11.8 Å². The quantitative estimate of drug-likeness (QED) is 0.574. The van der Waals surface area contributed by atoms with Crippen LogP contribution in [0.15, 0.2) is 48.5 Å². The van der Waals surface area contributed by atoms with Gasteiger partial charge in [-0.1, -0.05) is 48.5 Å². The normalized spacial score (nSPS) is 27.5. The maximum Gasteiger partial charge on any atom is 0.310 e. The molecule has 1 N–H and O–H groups in total. The van der Waals surface area contributed by atoms with E-state index in [9.17, 15) is 0 Å². The molecule has 0 saturated carbocycles. The molecule has 1 fully saturated rings. The Hall–Kier alpha value is -1.80. The topological polar surface area (TPSA) is 52.2 Å². The Morgan fingerprint density at radius 1 is 0.914 bits per heavy atom. The third-order valence-corrected chi connectivity index (χ3v) is 8.70. The Bertz CT molecular complexity index is 984. The second-order valence-corrected chi connectivity index (χ2v) is 10.2. The molecule has 3 heterocycles. The van der Waals surface area contributed by atoms with Crippen LogP contribution in [0, 0.1) is 11.8 Å². The van der Waals surface area contributed by atoms with Crippen molar-refractivity contribution in [1.82, 2.24) is 10.2 Å². The van der Waals surface area contributed by atoms with Crippen LogP contribution in [-0.2, 0) is 31.8 Å². The number of ether oxygens (including phenoxy) is 4. The average molecular weight is 481 g/mol. The van der Waals surface area contributed by atoms with Crippen LogP contribution in [0.2, 0.25) is 0 Å². The number of hydrogen-bond donors (Lipinski definition) is 1. The predicted octanol–water partition coefficient (Wildman–Crippen LogP) is 4.11. The summed E-state index contributed by atoms with van der Waals surface area (Å²) >= 11 is 0. The van der Waals surface area contributed by atoms with Crippen LogP contribution in [0.1, 0.15) is 47.2 Å². The van der Waals surface area contributed by atoms with Crippen LogP contribution in [0.5, 0.6) is 0 Å². The summed E-state index contributed by atoms with van der Waals surface area (Å²) < 4.78 is 23.6. The number of hydrogen-bond acceptors (Lipinski definition) is 6. The van der Waals surface area contributed by atoms with Gasteiger partial charge in [-0.25, -0.2) is 0 Å². The van der Waals surface area contributed by atoms with Gasteiger partial charge in [0.1, 0.15) is 6.10 Å². The van der Waals surface area contributed by atoms with E-state index >= 15 is 0 Å². The van der Waals surface area contributed by atoms with Crippen molar-refractivity contribution in [3.05, 3.63) is 70.8 Å². The maximum atomic E-state index is 6.14. The van der Waals surface area contributed by atoms with Crippen LogP contribution in [-0.4, -0.2) is 65.1 Å². The van der Waals surface area contributed by atoms with E-state index in [0.717, 1.165) is 45.3 Å². The van der Waals surface area contributed by atoms with Gasteiger partial charge >= 0.3 is 5.97 Å². The van der Waals surface area contributed by atoms with Gasteiger partial charge in [0.2, 0.25) is 0 Å². The van der Waals surface area contributed by atoms with Gasteiger partial charge < -0.3 is 24.3 Å². The lowest BCUT2D eigenvalue weighted by molar-refractivity contribution is -0.401. The summed E-state index contributed by atoms with van der Waals surface area (Å²) in [5.41, 5.74) is 5.89. The molecule has 5 atom stereocenters. The first-order chi connectivity index (χ1) is 17.1. The molecule has 0 aliphatic carbocycles. The van der Waals surface area contributed by atoms with Crippen LogP contribution >= 0.6 is 0 Å². The van der Waals surface area contributed by atoms with Crippen LogP contribution < -0.4 is 5.32 Å². The molecule has 6 heteroatoms. The molecule has 3 aliphatic heterocycles. The smallest absolute Gasteiger partial charge is 0.310 e. The Morgan fingerprint density at radius 2 is 1.57 bits per heavy atom.